The van der Waals surface area contributed by atoms with Crippen LogP contribution >= 0.6 is 12.4 Å². The Bertz CT molecular complexity index is 501. The molecular weight excluding hydrogens is 316 g/mol. The minimum Gasteiger partial charge on any atom is -0.490 e. The van der Waals surface area contributed by atoms with E-state index in [9.17, 15) is 4.79 Å². The summed E-state index contributed by atoms with van der Waals surface area (Å²) in [6.07, 6.45) is 0. The maximum Gasteiger partial charge on any atom is 0.255 e. The zero-order chi connectivity index (χ0) is 16.8. The van der Waals surface area contributed by atoms with E-state index in [1.807, 2.05) is 25.1 Å². The van der Waals surface area contributed by atoms with Crippen LogP contribution in [0.4, 0.5) is 0 Å². The maximum absolute atomic E-state index is 10.8. The molecule has 0 bridgehead atoms. The molecule has 0 aliphatic rings. The van der Waals surface area contributed by atoms with Gasteiger partial charge in [0.1, 0.15) is 0 Å². The van der Waals surface area contributed by atoms with E-state index in [0.717, 1.165) is 12.1 Å². The smallest absolute Gasteiger partial charge is 0.255 e. The Morgan fingerprint density at radius 1 is 1.26 bits per heavy atom. The van der Waals surface area contributed by atoms with E-state index < -0.39 is 5.91 Å². The van der Waals surface area contributed by atoms with Crippen molar-refractivity contribution in [3.05, 3.63) is 23.8 Å². The van der Waals surface area contributed by atoms with Gasteiger partial charge < -0.3 is 20.5 Å². The fourth-order valence-electron chi connectivity index (χ4n) is 1.78. The summed E-state index contributed by atoms with van der Waals surface area (Å²) in [6.45, 7) is 11.8. The van der Waals surface area contributed by atoms with Crippen LogP contribution in [0.1, 0.15) is 40.2 Å². The van der Waals surface area contributed by atoms with Crippen LogP contribution in [-0.4, -0.2) is 25.2 Å². The summed E-state index contributed by atoms with van der Waals surface area (Å²) < 4.78 is 10.9. The van der Waals surface area contributed by atoms with Crippen molar-refractivity contribution >= 4 is 18.3 Å². The molecule has 0 saturated carbocycles. The fraction of sp³-hybridized carbons (Fsp3) is 0.588. The van der Waals surface area contributed by atoms with E-state index >= 15 is 0 Å². The number of hydrogen-bond donors (Lipinski definition) is 2. The molecule has 0 radical (unpaired) electrons. The lowest BCUT2D eigenvalue weighted by atomic mass is 9.88. The molecule has 1 unspecified atom stereocenters. The molecule has 0 saturated heterocycles. The summed E-state index contributed by atoms with van der Waals surface area (Å²) >= 11 is 0. The lowest BCUT2D eigenvalue weighted by Gasteiger charge is -2.28. The monoisotopic (exact) mass is 344 g/mol. The molecule has 0 fully saturated rings. The van der Waals surface area contributed by atoms with Crippen molar-refractivity contribution in [1.29, 1.82) is 0 Å². The lowest BCUT2D eigenvalue weighted by Crippen LogP contribution is -2.37. The predicted molar refractivity (Wildman–Crippen MR) is 95.3 cm³/mol. The third kappa shape index (κ3) is 7.57. The van der Waals surface area contributed by atoms with Gasteiger partial charge in [-0.1, -0.05) is 26.8 Å². The molecule has 1 amide bonds. The van der Waals surface area contributed by atoms with Crippen LogP contribution in [0.25, 0.3) is 0 Å². The molecule has 1 rings (SSSR count). The average Bonchev–Trinajstić information content (AvgIpc) is 2.42. The summed E-state index contributed by atoms with van der Waals surface area (Å²) in [4.78, 5) is 10.8. The van der Waals surface area contributed by atoms with E-state index in [1.165, 1.54) is 0 Å². The van der Waals surface area contributed by atoms with Crippen LogP contribution in [0, 0.1) is 5.41 Å². The molecule has 1 aromatic carbocycles. The van der Waals surface area contributed by atoms with E-state index in [2.05, 4.69) is 33.0 Å². The van der Waals surface area contributed by atoms with Gasteiger partial charge in [-0.15, -0.1) is 12.4 Å². The Hall–Kier alpha value is -1.46. The number of benzene rings is 1. The lowest BCUT2D eigenvalue weighted by molar-refractivity contribution is -0.119. The first kappa shape index (κ1) is 21.5. The minimum atomic E-state index is -0.507. The highest BCUT2D eigenvalue weighted by Crippen LogP contribution is 2.29. The molecule has 0 heterocycles. The van der Waals surface area contributed by atoms with Crippen molar-refractivity contribution in [1.82, 2.24) is 5.32 Å². The Labute approximate surface area is 145 Å². The average molecular weight is 345 g/mol. The van der Waals surface area contributed by atoms with Crippen molar-refractivity contribution in [2.24, 2.45) is 11.1 Å². The van der Waals surface area contributed by atoms with E-state index in [0.29, 0.717) is 24.1 Å². The van der Waals surface area contributed by atoms with Gasteiger partial charge >= 0.3 is 0 Å². The van der Waals surface area contributed by atoms with E-state index in [4.69, 9.17) is 15.2 Å². The van der Waals surface area contributed by atoms with Gasteiger partial charge in [0.25, 0.3) is 5.91 Å². The van der Waals surface area contributed by atoms with Crippen LogP contribution in [0.15, 0.2) is 18.2 Å². The highest BCUT2D eigenvalue weighted by molar-refractivity contribution is 5.85. The summed E-state index contributed by atoms with van der Waals surface area (Å²) in [5, 5.41) is 3.51. The molecule has 1 atom stereocenters. The first-order chi connectivity index (χ1) is 10.2. The summed E-state index contributed by atoms with van der Waals surface area (Å²) in [5.74, 6) is 0.659. The summed E-state index contributed by atoms with van der Waals surface area (Å²) in [7, 11) is 0. The van der Waals surface area contributed by atoms with Crippen molar-refractivity contribution in [3.63, 3.8) is 0 Å². The first-order valence-corrected chi connectivity index (χ1v) is 7.64. The Morgan fingerprint density at radius 2 is 1.91 bits per heavy atom. The highest BCUT2D eigenvalue weighted by atomic mass is 35.5. The minimum absolute atomic E-state index is 0. The standard InChI is InChI=1S/C17H28N2O3.ClH/c1-6-21-15-9-13(10-19-12(2)17(3,4)5)7-8-14(15)22-11-16(18)20;/h7-9,12,19H,6,10-11H2,1-5H3,(H2,18,20);1H. The zero-order valence-electron chi connectivity index (χ0n) is 14.6. The third-order valence-electron chi connectivity index (χ3n) is 3.59. The normalized spacial score (nSPS) is 12.2. The molecule has 0 spiro atoms. The van der Waals surface area contributed by atoms with Crippen molar-refractivity contribution in [2.75, 3.05) is 13.2 Å². The number of nitrogens with one attached hydrogen (secondary N) is 1. The van der Waals surface area contributed by atoms with E-state index in [1.54, 1.807) is 0 Å². The molecule has 1 aromatic rings. The van der Waals surface area contributed by atoms with Crippen molar-refractivity contribution in [3.8, 4) is 11.5 Å². The number of hydrogen-bond acceptors (Lipinski definition) is 4. The Kier molecular flexibility index (Phi) is 9.02. The molecule has 0 aliphatic carbocycles. The molecular formula is C17H29ClN2O3. The maximum atomic E-state index is 10.8. The fourth-order valence-corrected chi connectivity index (χ4v) is 1.78. The molecule has 5 nitrogen and oxygen atoms in total. The van der Waals surface area contributed by atoms with Gasteiger partial charge in [0, 0.05) is 12.6 Å². The Morgan fingerprint density at radius 3 is 2.43 bits per heavy atom. The van der Waals surface area contributed by atoms with Crippen LogP contribution < -0.4 is 20.5 Å². The topological polar surface area (TPSA) is 73.6 Å². The van der Waals surface area contributed by atoms with Gasteiger partial charge in [-0.2, -0.15) is 0 Å². The molecule has 23 heavy (non-hydrogen) atoms. The van der Waals surface area contributed by atoms with Crippen molar-refractivity contribution in [2.45, 2.75) is 47.2 Å². The Balaban J connectivity index is 0.00000484. The van der Waals surface area contributed by atoms with Crippen LogP contribution in [0.3, 0.4) is 0 Å². The number of carbonyl (C=O) groups excluding carboxylic acids is 1. The van der Waals surface area contributed by atoms with Gasteiger partial charge in [-0.25, -0.2) is 0 Å². The molecule has 3 N–H and O–H groups in total. The number of rotatable bonds is 8. The van der Waals surface area contributed by atoms with Gasteiger partial charge in [0.2, 0.25) is 0 Å². The number of halogens is 1. The quantitative estimate of drug-likeness (QED) is 0.760. The molecule has 0 aliphatic heterocycles. The van der Waals surface area contributed by atoms with Gasteiger partial charge in [0.15, 0.2) is 18.1 Å². The largest absolute Gasteiger partial charge is 0.490 e. The first-order valence-electron chi connectivity index (χ1n) is 7.64. The second-order valence-corrected chi connectivity index (χ2v) is 6.44. The van der Waals surface area contributed by atoms with Gasteiger partial charge in [-0.05, 0) is 37.0 Å². The second kappa shape index (κ2) is 9.63. The summed E-state index contributed by atoms with van der Waals surface area (Å²) in [6, 6.07) is 6.09. The zero-order valence-corrected chi connectivity index (χ0v) is 15.5. The van der Waals surface area contributed by atoms with Gasteiger partial charge in [0.05, 0.1) is 6.61 Å². The van der Waals surface area contributed by atoms with Crippen LogP contribution in [0.2, 0.25) is 0 Å². The number of carbonyl (C=O) groups is 1. The predicted octanol–water partition coefficient (Wildman–Crippen LogP) is 2.90. The molecule has 0 aromatic heterocycles. The van der Waals surface area contributed by atoms with Crippen LogP contribution in [-0.2, 0) is 11.3 Å². The number of amides is 1. The van der Waals surface area contributed by atoms with Gasteiger partial charge in [-0.3, -0.25) is 4.79 Å². The number of primary amides is 1. The highest BCUT2D eigenvalue weighted by Gasteiger charge is 2.19. The summed E-state index contributed by atoms with van der Waals surface area (Å²) in [5.41, 5.74) is 6.41. The van der Waals surface area contributed by atoms with Crippen molar-refractivity contribution < 1.29 is 14.3 Å². The number of nitrogens with two attached hydrogens (primary N) is 1. The van der Waals surface area contributed by atoms with E-state index in [-0.39, 0.29) is 24.4 Å². The molecule has 6 heteroatoms. The SMILES string of the molecule is CCOc1cc(CNC(C)C(C)(C)C)ccc1OCC(N)=O.Cl. The second-order valence-electron chi connectivity index (χ2n) is 6.44. The number of ether oxygens (including phenoxy) is 2. The molecule has 132 valence electrons. The van der Waals surface area contributed by atoms with Crippen LogP contribution in [0.5, 0.6) is 11.5 Å². The third-order valence-corrected chi connectivity index (χ3v) is 3.59.